The number of piperidine rings is 1. The van der Waals surface area contributed by atoms with Crippen molar-refractivity contribution in [1.29, 1.82) is 0 Å². The van der Waals surface area contributed by atoms with Crippen molar-refractivity contribution in [3.63, 3.8) is 0 Å². The number of amides is 2. The van der Waals surface area contributed by atoms with Crippen LogP contribution < -0.4 is 5.32 Å². The first-order chi connectivity index (χ1) is 12.1. The number of anilines is 1. The van der Waals surface area contributed by atoms with Crippen LogP contribution in [0.4, 0.5) is 5.69 Å². The van der Waals surface area contributed by atoms with E-state index in [1.807, 2.05) is 11.0 Å². The topological polar surface area (TPSA) is 71.5 Å². The minimum Gasteiger partial charge on any atom is -0.377 e. The maximum absolute atomic E-state index is 13.1. The fourth-order valence-corrected chi connectivity index (χ4v) is 4.51. The second-order valence-electron chi connectivity index (χ2n) is 7.78. The summed E-state index contributed by atoms with van der Waals surface area (Å²) in [6.07, 6.45) is 6.56. The molecule has 3 heterocycles. The van der Waals surface area contributed by atoms with E-state index in [1.165, 1.54) is 0 Å². The van der Waals surface area contributed by atoms with E-state index in [0.29, 0.717) is 37.7 Å². The quantitative estimate of drug-likeness (QED) is 0.912. The van der Waals surface area contributed by atoms with Crippen molar-refractivity contribution in [2.24, 2.45) is 17.3 Å². The molecule has 0 unspecified atom stereocenters. The normalized spacial score (nSPS) is 34.1. The van der Waals surface area contributed by atoms with Crippen LogP contribution in [-0.2, 0) is 14.3 Å². The molecule has 0 radical (unpaired) electrons. The van der Waals surface area contributed by atoms with E-state index in [9.17, 15) is 9.59 Å². The summed E-state index contributed by atoms with van der Waals surface area (Å²) in [6, 6.07) is 3.62. The van der Waals surface area contributed by atoms with Crippen molar-refractivity contribution in [3.8, 4) is 0 Å². The fourth-order valence-electron chi connectivity index (χ4n) is 4.51. The summed E-state index contributed by atoms with van der Waals surface area (Å²) in [5.41, 5.74) is 0.0443. The molecule has 3 aliphatic rings. The summed E-state index contributed by atoms with van der Waals surface area (Å²) < 4.78 is 5.85. The number of pyridine rings is 1. The fraction of sp³-hybridized carbons (Fsp3) is 0.632. The van der Waals surface area contributed by atoms with E-state index in [2.05, 4.69) is 17.2 Å². The summed E-state index contributed by atoms with van der Waals surface area (Å²) in [4.78, 5) is 31.8. The molecule has 0 bridgehead atoms. The highest BCUT2D eigenvalue weighted by Gasteiger charge is 2.54. The number of hydrogen-bond acceptors (Lipinski definition) is 4. The standard InChI is InChI=1S/C19H25N3O3/c1-13-9-14(10-13)17(23)22-7-4-16-19(12-22,5-8-25-16)18(24)21-15-3-2-6-20-11-15/h2-3,6,11,13-14,16H,4-5,7-10,12H2,1H3,(H,21,24)/t13?,14?,16-,19-/m1/s1. The van der Waals surface area contributed by atoms with E-state index in [4.69, 9.17) is 4.74 Å². The smallest absolute Gasteiger partial charge is 0.235 e. The second-order valence-corrected chi connectivity index (χ2v) is 7.78. The SMILES string of the molecule is CC1CC(C(=O)N2CC[C@H]3OCC[C@@]3(C(=O)Nc3cccnc3)C2)C1. The zero-order valence-electron chi connectivity index (χ0n) is 14.6. The minimum absolute atomic E-state index is 0.0533. The Hall–Kier alpha value is -1.95. The van der Waals surface area contributed by atoms with Crippen LogP contribution >= 0.6 is 0 Å². The third-order valence-corrected chi connectivity index (χ3v) is 6.02. The van der Waals surface area contributed by atoms with Gasteiger partial charge in [0.25, 0.3) is 0 Å². The molecule has 2 atom stereocenters. The number of rotatable bonds is 3. The highest BCUT2D eigenvalue weighted by Crippen LogP contribution is 2.43. The highest BCUT2D eigenvalue weighted by atomic mass is 16.5. The summed E-state index contributed by atoms with van der Waals surface area (Å²) >= 11 is 0. The molecule has 1 aromatic heterocycles. The zero-order valence-corrected chi connectivity index (χ0v) is 14.6. The number of ether oxygens (including phenoxy) is 1. The van der Waals surface area contributed by atoms with Gasteiger partial charge in [0.05, 0.1) is 23.4 Å². The van der Waals surface area contributed by atoms with Gasteiger partial charge in [-0.15, -0.1) is 0 Å². The number of hydrogen-bond donors (Lipinski definition) is 1. The van der Waals surface area contributed by atoms with Gasteiger partial charge >= 0.3 is 0 Å². The Balaban J connectivity index is 1.50. The van der Waals surface area contributed by atoms with Gasteiger partial charge in [0.15, 0.2) is 0 Å². The minimum atomic E-state index is -0.640. The molecule has 1 saturated carbocycles. The van der Waals surface area contributed by atoms with Crippen LogP contribution in [0, 0.1) is 17.3 Å². The molecule has 4 rings (SSSR count). The van der Waals surface area contributed by atoms with Gasteiger partial charge in [-0.05, 0) is 43.7 Å². The van der Waals surface area contributed by atoms with Gasteiger partial charge in [-0.3, -0.25) is 14.6 Å². The van der Waals surface area contributed by atoms with Crippen LogP contribution in [0.3, 0.4) is 0 Å². The Morgan fingerprint density at radius 3 is 2.96 bits per heavy atom. The predicted octanol–water partition coefficient (Wildman–Crippen LogP) is 2.07. The Kier molecular flexibility index (Phi) is 4.23. The van der Waals surface area contributed by atoms with Crippen molar-refractivity contribution in [3.05, 3.63) is 24.5 Å². The summed E-state index contributed by atoms with van der Waals surface area (Å²) in [5, 5.41) is 2.98. The molecular formula is C19H25N3O3. The Morgan fingerprint density at radius 1 is 1.40 bits per heavy atom. The molecule has 2 amide bonds. The van der Waals surface area contributed by atoms with E-state index in [-0.39, 0.29) is 23.8 Å². The number of aromatic nitrogens is 1. The van der Waals surface area contributed by atoms with Crippen molar-refractivity contribution in [2.75, 3.05) is 25.0 Å². The van der Waals surface area contributed by atoms with Crippen LogP contribution in [0.15, 0.2) is 24.5 Å². The van der Waals surface area contributed by atoms with E-state index < -0.39 is 5.41 Å². The molecule has 2 aliphatic heterocycles. The number of fused-ring (bicyclic) bond motifs is 1. The maximum Gasteiger partial charge on any atom is 0.235 e. The van der Waals surface area contributed by atoms with Gasteiger partial charge < -0.3 is 15.0 Å². The van der Waals surface area contributed by atoms with Crippen LogP contribution in [-0.4, -0.2) is 47.5 Å². The molecule has 0 spiro atoms. The van der Waals surface area contributed by atoms with E-state index in [0.717, 1.165) is 19.3 Å². The van der Waals surface area contributed by atoms with Gasteiger partial charge in [0, 0.05) is 31.8 Å². The first-order valence-electron chi connectivity index (χ1n) is 9.20. The third kappa shape index (κ3) is 2.92. The lowest BCUT2D eigenvalue weighted by Gasteiger charge is -2.45. The van der Waals surface area contributed by atoms with Crippen molar-refractivity contribution in [2.45, 2.75) is 38.7 Å². The maximum atomic E-state index is 13.1. The number of likely N-dealkylation sites (tertiary alicyclic amines) is 1. The molecule has 25 heavy (non-hydrogen) atoms. The van der Waals surface area contributed by atoms with Crippen molar-refractivity contribution < 1.29 is 14.3 Å². The number of nitrogens with one attached hydrogen (secondary N) is 1. The lowest BCUT2D eigenvalue weighted by Crippen LogP contribution is -2.58. The number of carbonyl (C=O) groups is 2. The lowest BCUT2D eigenvalue weighted by atomic mass is 9.72. The molecule has 2 saturated heterocycles. The highest BCUT2D eigenvalue weighted by molar-refractivity contribution is 5.96. The zero-order chi connectivity index (χ0) is 17.4. The average Bonchev–Trinajstić information content (AvgIpc) is 3.03. The van der Waals surface area contributed by atoms with Gasteiger partial charge in [-0.25, -0.2) is 0 Å². The predicted molar refractivity (Wildman–Crippen MR) is 92.7 cm³/mol. The van der Waals surface area contributed by atoms with Crippen molar-refractivity contribution >= 4 is 17.5 Å². The average molecular weight is 343 g/mol. The molecular weight excluding hydrogens is 318 g/mol. The molecule has 0 aromatic carbocycles. The monoisotopic (exact) mass is 343 g/mol. The largest absolute Gasteiger partial charge is 0.377 e. The summed E-state index contributed by atoms with van der Waals surface area (Å²) in [5.74, 6) is 0.955. The molecule has 6 nitrogen and oxygen atoms in total. The van der Waals surface area contributed by atoms with Crippen LogP contribution in [0.1, 0.15) is 32.6 Å². The molecule has 134 valence electrons. The number of nitrogens with zero attached hydrogens (tertiary/aromatic N) is 2. The summed E-state index contributed by atoms with van der Waals surface area (Å²) in [7, 11) is 0. The molecule has 1 aliphatic carbocycles. The third-order valence-electron chi connectivity index (χ3n) is 6.02. The van der Waals surface area contributed by atoms with E-state index in [1.54, 1.807) is 18.5 Å². The first-order valence-corrected chi connectivity index (χ1v) is 9.20. The van der Waals surface area contributed by atoms with Gasteiger partial charge in [-0.2, -0.15) is 0 Å². The molecule has 1 aromatic rings. The number of carbonyl (C=O) groups excluding carboxylic acids is 2. The van der Waals surface area contributed by atoms with Crippen LogP contribution in [0.25, 0.3) is 0 Å². The van der Waals surface area contributed by atoms with E-state index >= 15 is 0 Å². The van der Waals surface area contributed by atoms with Gasteiger partial charge in [-0.1, -0.05) is 6.92 Å². The van der Waals surface area contributed by atoms with Crippen LogP contribution in [0.5, 0.6) is 0 Å². The molecule has 1 N–H and O–H groups in total. The molecule has 3 fully saturated rings. The van der Waals surface area contributed by atoms with Gasteiger partial charge in [0.2, 0.25) is 11.8 Å². The van der Waals surface area contributed by atoms with Gasteiger partial charge in [0.1, 0.15) is 0 Å². The Labute approximate surface area is 147 Å². The van der Waals surface area contributed by atoms with Crippen LogP contribution in [0.2, 0.25) is 0 Å². The Morgan fingerprint density at radius 2 is 2.24 bits per heavy atom. The lowest BCUT2D eigenvalue weighted by molar-refractivity contribution is -0.149. The molecule has 6 heteroatoms. The summed E-state index contributed by atoms with van der Waals surface area (Å²) in [6.45, 7) is 3.92. The van der Waals surface area contributed by atoms with Crippen molar-refractivity contribution in [1.82, 2.24) is 9.88 Å². The second kappa shape index (κ2) is 6.41. The Bertz CT molecular complexity index is 659. The first kappa shape index (κ1) is 16.5.